The molecule has 0 amide bonds. The van der Waals surface area contributed by atoms with Crippen molar-refractivity contribution < 1.29 is 17.9 Å². The maximum absolute atomic E-state index is 12.0. The molecule has 1 aliphatic rings. The van der Waals surface area contributed by atoms with Crippen LogP contribution in [0.3, 0.4) is 0 Å². The van der Waals surface area contributed by atoms with Crippen LogP contribution in [0.2, 0.25) is 0 Å². The summed E-state index contributed by atoms with van der Waals surface area (Å²) in [5.41, 5.74) is 1.81. The Bertz CT molecular complexity index is 405. The van der Waals surface area contributed by atoms with Crippen LogP contribution in [0, 0.1) is 6.92 Å². The molecule has 0 spiro atoms. The first-order valence-electron chi connectivity index (χ1n) is 5.53. The van der Waals surface area contributed by atoms with Gasteiger partial charge in [-0.2, -0.15) is 0 Å². The zero-order valence-corrected chi connectivity index (χ0v) is 10.7. The average Bonchev–Trinajstić information content (AvgIpc) is 2.97. The summed E-state index contributed by atoms with van der Waals surface area (Å²) >= 11 is 0. The smallest absolute Gasteiger partial charge is 0.406 e. The number of hydrogen-bond acceptors (Lipinski definition) is 2. The van der Waals surface area contributed by atoms with Crippen molar-refractivity contribution in [3.8, 4) is 5.75 Å². The highest BCUT2D eigenvalue weighted by molar-refractivity contribution is 5.85. The monoisotopic (exact) mass is 281 g/mol. The highest BCUT2D eigenvalue weighted by Gasteiger charge is 2.31. The van der Waals surface area contributed by atoms with E-state index in [0.717, 1.165) is 11.1 Å². The normalized spacial score (nSPS) is 15.1. The number of ether oxygens (including phenoxy) is 1. The third-order valence-corrected chi connectivity index (χ3v) is 2.71. The second-order valence-electron chi connectivity index (χ2n) is 4.29. The minimum absolute atomic E-state index is 0. The maximum Gasteiger partial charge on any atom is 0.573 e. The lowest BCUT2D eigenvalue weighted by atomic mass is 10.1. The van der Waals surface area contributed by atoms with E-state index in [9.17, 15) is 13.2 Å². The minimum Gasteiger partial charge on any atom is -0.406 e. The largest absolute Gasteiger partial charge is 0.573 e. The molecule has 1 fully saturated rings. The number of halogens is 4. The van der Waals surface area contributed by atoms with Crippen LogP contribution in [0.1, 0.15) is 24.0 Å². The fraction of sp³-hybridized carbons (Fsp3) is 0.500. The molecule has 1 N–H and O–H groups in total. The van der Waals surface area contributed by atoms with Crippen LogP contribution < -0.4 is 10.1 Å². The molecule has 2 rings (SSSR count). The van der Waals surface area contributed by atoms with Crippen molar-refractivity contribution in [1.82, 2.24) is 5.32 Å². The third kappa shape index (κ3) is 4.74. The Kier molecular flexibility index (Phi) is 4.87. The van der Waals surface area contributed by atoms with Crippen molar-refractivity contribution in [2.24, 2.45) is 0 Å². The van der Waals surface area contributed by atoms with Gasteiger partial charge in [0.1, 0.15) is 5.75 Å². The average molecular weight is 282 g/mol. The molecule has 0 aromatic heterocycles. The standard InChI is InChI=1S/C12H14F3NO.ClH/c1-8-6-11(17-12(13,14)15)5-2-9(8)7-16-10-3-4-10;/h2,5-6,10,16H,3-4,7H2,1H3;1H. The molecule has 0 unspecified atom stereocenters. The lowest BCUT2D eigenvalue weighted by Crippen LogP contribution is -2.18. The van der Waals surface area contributed by atoms with Crippen molar-refractivity contribution in [1.29, 1.82) is 0 Å². The first-order valence-corrected chi connectivity index (χ1v) is 5.53. The van der Waals surface area contributed by atoms with Crippen LogP contribution in [0.4, 0.5) is 13.2 Å². The number of rotatable bonds is 4. The van der Waals surface area contributed by atoms with Gasteiger partial charge in [0.25, 0.3) is 0 Å². The van der Waals surface area contributed by atoms with E-state index in [1.54, 1.807) is 13.0 Å². The van der Waals surface area contributed by atoms with Gasteiger partial charge in [-0.15, -0.1) is 25.6 Å². The molecular weight excluding hydrogens is 267 g/mol. The second kappa shape index (κ2) is 5.80. The molecular formula is C12H15ClF3NO. The van der Waals surface area contributed by atoms with E-state index in [2.05, 4.69) is 10.1 Å². The van der Waals surface area contributed by atoms with Gasteiger partial charge in [0.15, 0.2) is 0 Å². The Morgan fingerprint density at radius 3 is 2.50 bits per heavy atom. The molecule has 1 aliphatic carbocycles. The first-order chi connectivity index (χ1) is 7.94. The van der Waals surface area contributed by atoms with E-state index in [-0.39, 0.29) is 18.2 Å². The van der Waals surface area contributed by atoms with E-state index in [4.69, 9.17) is 0 Å². The van der Waals surface area contributed by atoms with Gasteiger partial charge in [-0.05, 0) is 43.0 Å². The van der Waals surface area contributed by atoms with Crippen molar-refractivity contribution in [2.45, 2.75) is 38.7 Å². The highest BCUT2D eigenvalue weighted by atomic mass is 35.5. The Hall–Kier alpha value is -0.940. The molecule has 0 bridgehead atoms. The summed E-state index contributed by atoms with van der Waals surface area (Å²) in [6.45, 7) is 2.48. The third-order valence-electron chi connectivity index (χ3n) is 2.71. The Labute approximate surface area is 110 Å². The van der Waals surface area contributed by atoms with Crippen LogP contribution in [-0.2, 0) is 6.54 Å². The molecule has 0 heterocycles. The number of benzene rings is 1. The molecule has 0 radical (unpaired) electrons. The van der Waals surface area contributed by atoms with Crippen molar-refractivity contribution in [3.63, 3.8) is 0 Å². The lowest BCUT2D eigenvalue weighted by molar-refractivity contribution is -0.274. The minimum atomic E-state index is -4.62. The summed E-state index contributed by atoms with van der Waals surface area (Å²) in [6, 6.07) is 5.02. The molecule has 0 atom stereocenters. The number of nitrogens with one attached hydrogen (secondary N) is 1. The summed E-state index contributed by atoms with van der Waals surface area (Å²) in [4.78, 5) is 0. The summed E-state index contributed by atoms with van der Waals surface area (Å²) in [7, 11) is 0. The molecule has 2 nitrogen and oxygen atoms in total. The van der Waals surface area contributed by atoms with E-state index in [1.807, 2.05) is 0 Å². The lowest BCUT2D eigenvalue weighted by Gasteiger charge is -2.12. The molecule has 1 aromatic carbocycles. The van der Waals surface area contributed by atoms with Gasteiger partial charge < -0.3 is 10.1 Å². The summed E-state index contributed by atoms with van der Waals surface area (Å²) in [6.07, 6.45) is -2.25. The Morgan fingerprint density at radius 2 is 2.00 bits per heavy atom. The quantitative estimate of drug-likeness (QED) is 0.911. The number of hydrogen-bond donors (Lipinski definition) is 1. The fourth-order valence-electron chi connectivity index (χ4n) is 1.61. The molecule has 102 valence electrons. The zero-order valence-electron chi connectivity index (χ0n) is 9.88. The van der Waals surface area contributed by atoms with Gasteiger partial charge in [-0.25, -0.2) is 0 Å². The van der Waals surface area contributed by atoms with Gasteiger partial charge in [0.2, 0.25) is 0 Å². The molecule has 18 heavy (non-hydrogen) atoms. The SMILES string of the molecule is Cc1cc(OC(F)(F)F)ccc1CNC1CC1.Cl. The van der Waals surface area contributed by atoms with Crippen LogP contribution in [0.5, 0.6) is 5.75 Å². The predicted octanol–water partition coefficient (Wildman–Crippen LogP) is 3.57. The molecule has 1 aromatic rings. The summed E-state index contributed by atoms with van der Waals surface area (Å²) in [5.74, 6) is -0.162. The van der Waals surface area contributed by atoms with Crippen molar-refractivity contribution >= 4 is 12.4 Å². The van der Waals surface area contributed by atoms with Crippen LogP contribution >= 0.6 is 12.4 Å². The maximum atomic E-state index is 12.0. The Morgan fingerprint density at radius 1 is 1.33 bits per heavy atom. The molecule has 0 saturated heterocycles. The van der Waals surface area contributed by atoms with Crippen molar-refractivity contribution in [3.05, 3.63) is 29.3 Å². The number of aryl methyl sites for hydroxylation is 1. The molecule has 1 saturated carbocycles. The first kappa shape index (κ1) is 15.1. The van der Waals surface area contributed by atoms with Gasteiger partial charge >= 0.3 is 6.36 Å². The summed E-state index contributed by atoms with van der Waals surface area (Å²) < 4.78 is 39.9. The molecule has 6 heteroatoms. The highest BCUT2D eigenvalue weighted by Crippen LogP contribution is 2.25. The van der Waals surface area contributed by atoms with Gasteiger partial charge in [0.05, 0.1) is 0 Å². The van der Waals surface area contributed by atoms with Crippen LogP contribution in [-0.4, -0.2) is 12.4 Å². The second-order valence-corrected chi connectivity index (χ2v) is 4.29. The number of alkyl halides is 3. The summed E-state index contributed by atoms with van der Waals surface area (Å²) in [5, 5.41) is 3.32. The van der Waals surface area contributed by atoms with Gasteiger partial charge in [-0.3, -0.25) is 0 Å². The van der Waals surface area contributed by atoms with E-state index < -0.39 is 6.36 Å². The van der Waals surface area contributed by atoms with Crippen LogP contribution in [0.15, 0.2) is 18.2 Å². The van der Waals surface area contributed by atoms with E-state index >= 15 is 0 Å². The van der Waals surface area contributed by atoms with E-state index in [1.165, 1.54) is 25.0 Å². The zero-order chi connectivity index (χ0) is 12.5. The topological polar surface area (TPSA) is 21.3 Å². The fourth-order valence-corrected chi connectivity index (χ4v) is 1.61. The van der Waals surface area contributed by atoms with Crippen molar-refractivity contribution in [2.75, 3.05) is 0 Å². The van der Waals surface area contributed by atoms with E-state index in [0.29, 0.717) is 12.6 Å². The van der Waals surface area contributed by atoms with Crippen LogP contribution in [0.25, 0.3) is 0 Å². The van der Waals surface area contributed by atoms with Gasteiger partial charge in [-0.1, -0.05) is 6.07 Å². The molecule has 0 aliphatic heterocycles. The predicted molar refractivity (Wildman–Crippen MR) is 65.0 cm³/mol. The Balaban J connectivity index is 0.00000162. The van der Waals surface area contributed by atoms with Gasteiger partial charge in [0, 0.05) is 12.6 Å².